The third-order valence-electron chi connectivity index (χ3n) is 2.39. The van der Waals surface area contributed by atoms with E-state index in [-0.39, 0.29) is 0 Å². The molecule has 0 fully saturated rings. The molecular formula is C13H13BrS. The minimum Gasteiger partial charge on any atom is -0.145 e. The first-order valence-corrected chi connectivity index (χ1v) is 6.71. The minimum absolute atomic E-state index is 1.03. The van der Waals surface area contributed by atoms with Crippen LogP contribution in [0.4, 0.5) is 0 Å². The quantitative estimate of drug-likeness (QED) is 0.767. The van der Waals surface area contributed by atoms with Crippen LogP contribution in [0.1, 0.15) is 22.2 Å². The van der Waals surface area contributed by atoms with E-state index >= 15 is 0 Å². The summed E-state index contributed by atoms with van der Waals surface area (Å²) in [6.07, 6.45) is 2.17. The van der Waals surface area contributed by atoms with E-state index in [1.807, 2.05) is 11.3 Å². The van der Waals surface area contributed by atoms with Crippen molar-refractivity contribution in [2.75, 3.05) is 0 Å². The third kappa shape index (κ3) is 2.70. The average molecular weight is 281 g/mol. The van der Waals surface area contributed by atoms with E-state index in [9.17, 15) is 0 Å². The summed E-state index contributed by atoms with van der Waals surface area (Å²) in [6.45, 7) is 2.20. The molecule has 0 saturated heterocycles. The first-order chi connectivity index (χ1) is 7.29. The van der Waals surface area contributed by atoms with Crippen LogP contribution in [0.2, 0.25) is 0 Å². The Balaban J connectivity index is 2.18. The molecule has 1 aromatic carbocycles. The Hall–Kier alpha value is -0.600. The van der Waals surface area contributed by atoms with Gasteiger partial charge in [0, 0.05) is 20.6 Å². The van der Waals surface area contributed by atoms with Crippen molar-refractivity contribution < 1.29 is 0 Å². The molecule has 2 heteroatoms. The van der Waals surface area contributed by atoms with Crippen molar-refractivity contribution >= 4 is 27.3 Å². The summed E-state index contributed by atoms with van der Waals surface area (Å²) in [7, 11) is 0. The van der Waals surface area contributed by atoms with Gasteiger partial charge in [-0.1, -0.05) is 41.1 Å². The van der Waals surface area contributed by atoms with Crippen molar-refractivity contribution in [2.45, 2.75) is 19.8 Å². The normalized spacial score (nSPS) is 10.5. The number of hydrogen-bond acceptors (Lipinski definition) is 1. The second-order valence-electron chi connectivity index (χ2n) is 3.49. The summed E-state index contributed by atoms with van der Waals surface area (Å²) >= 11 is 5.50. The van der Waals surface area contributed by atoms with E-state index in [2.05, 4.69) is 59.3 Å². The van der Waals surface area contributed by atoms with E-state index in [1.165, 1.54) is 19.8 Å². The summed E-state index contributed by atoms with van der Waals surface area (Å²) in [5, 5.41) is 0. The Morgan fingerprint density at radius 1 is 1.07 bits per heavy atom. The van der Waals surface area contributed by atoms with Crippen molar-refractivity contribution in [3.63, 3.8) is 0 Å². The van der Waals surface area contributed by atoms with Gasteiger partial charge in [0.15, 0.2) is 0 Å². The van der Waals surface area contributed by atoms with Crippen molar-refractivity contribution in [1.82, 2.24) is 0 Å². The second kappa shape index (κ2) is 4.95. The highest BCUT2D eigenvalue weighted by molar-refractivity contribution is 9.10. The number of aryl methyl sites for hydroxylation is 1. The predicted octanol–water partition coefficient (Wildman–Crippen LogP) is 4.66. The molecule has 0 N–H and O–H groups in total. The predicted molar refractivity (Wildman–Crippen MR) is 70.6 cm³/mol. The van der Waals surface area contributed by atoms with Gasteiger partial charge in [-0.15, -0.1) is 11.3 Å². The Morgan fingerprint density at radius 2 is 1.80 bits per heavy atom. The second-order valence-corrected chi connectivity index (χ2v) is 5.60. The van der Waals surface area contributed by atoms with Crippen LogP contribution in [-0.4, -0.2) is 0 Å². The smallest absolute Gasteiger partial charge is 0.0210 e. The Morgan fingerprint density at radius 3 is 2.47 bits per heavy atom. The van der Waals surface area contributed by atoms with Crippen molar-refractivity contribution in [2.24, 2.45) is 0 Å². The molecule has 0 saturated carbocycles. The number of thiophene rings is 1. The van der Waals surface area contributed by atoms with Crippen molar-refractivity contribution in [1.29, 1.82) is 0 Å². The van der Waals surface area contributed by atoms with Crippen LogP contribution in [0, 0.1) is 0 Å². The summed E-state index contributed by atoms with van der Waals surface area (Å²) in [6, 6.07) is 12.9. The highest BCUT2D eigenvalue weighted by Gasteiger charge is 2.02. The van der Waals surface area contributed by atoms with Gasteiger partial charge in [0.1, 0.15) is 0 Å². The fourth-order valence-corrected chi connectivity index (χ4v) is 2.94. The number of hydrogen-bond donors (Lipinski definition) is 0. The Bertz CT molecular complexity index is 445. The monoisotopic (exact) mass is 280 g/mol. The van der Waals surface area contributed by atoms with Gasteiger partial charge in [0.2, 0.25) is 0 Å². The van der Waals surface area contributed by atoms with Crippen LogP contribution in [0.25, 0.3) is 0 Å². The topological polar surface area (TPSA) is 0 Å². The zero-order chi connectivity index (χ0) is 10.7. The van der Waals surface area contributed by atoms with E-state index in [0.29, 0.717) is 0 Å². The minimum atomic E-state index is 1.03. The number of rotatable bonds is 3. The van der Waals surface area contributed by atoms with Gasteiger partial charge < -0.3 is 0 Å². The van der Waals surface area contributed by atoms with Crippen LogP contribution >= 0.6 is 27.3 Å². The van der Waals surface area contributed by atoms with Gasteiger partial charge in [-0.3, -0.25) is 0 Å². The molecule has 0 aliphatic carbocycles. The molecule has 2 aromatic rings. The van der Waals surface area contributed by atoms with E-state index < -0.39 is 0 Å². The lowest BCUT2D eigenvalue weighted by Crippen LogP contribution is -1.85. The SMILES string of the molecule is CCc1ccc(Cc2ccccc2Br)s1. The first-order valence-electron chi connectivity index (χ1n) is 5.10. The fourth-order valence-electron chi connectivity index (χ4n) is 1.54. The third-order valence-corrected chi connectivity index (χ3v) is 4.39. The maximum atomic E-state index is 3.58. The zero-order valence-corrected chi connectivity index (χ0v) is 11.1. The molecule has 1 heterocycles. The molecule has 78 valence electrons. The van der Waals surface area contributed by atoms with E-state index in [1.54, 1.807) is 0 Å². The van der Waals surface area contributed by atoms with Gasteiger partial charge in [-0.25, -0.2) is 0 Å². The molecule has 0 radical (unpaired) electrons. The van der Waals surface area contributed by atoms with Crippen molar-refractivity contribution in [3.8, 4) is 0 Å². The molecule has 0 atom stereocenters. The average Bonchev–Trinajstić information content (AvgIpc) is 2.69. The number of benzene rings is 1. The molecule has 0 spiro atoms. The van der Waals surface area contributed by atoms with Gasteiger partial charge in [0.05, 0.1) is 0 Å². The lowest BCUT2D eigenvalue weighted by atomic mass is 10.1. The molecule has 0 aliphatic rings. The Labute approximate surface area is 103 Å². The first kappa shape index (κ1) is 10.9. The summed E-state index contributed by atoms with van der Waals surface area (Å²) in [5.74, 6) is 0. The number of halogens is 1. The lowest BCUT2D eigenvalue weighted by Gasteiger charge is -2.01. The van der Waals surface area contributed by atoms with Gasteiger partial charge in [0.25, 0.3) is 0 Å². The van der Waals surface area contributed by atoms with Crippen LogP contribution in [0.15, 0.2) is 40.9 Å². The van der Waals surface area contributed by atoms with Gasteiger partial charge >= 0.3 is 0 Å². The highest BCUT2D eigenvalue weighted by Crippen LogP contribution is 2.24. The summed E-state index contributed by atoms with van der Waals surface area (Å²) < 4.78 is 1.21. The molecule has 0 nitrogen and oxygen atoms in total. The molecule has 0 aliphatic heterocycles. The summed E-state index contributed by atoms with van der Waals surface area (Å²) in [4.78, 5) is 2.91. The molecule has 0 amide bonds. The van der Waals surface area contributed by atoms with Crippen LogP contribution in [0.5, 0.6) is 0 Å². The maximum Gasteiger partial charge on any atom is 0.0210 e. The van der Waals surface area contributed by atoms with Gasteiger partial charge in [-0.2, -0.15) is 0 Å². The van der Waals surface area contributed by atoms with E-state index in [4.69, 9.17) is 0 Å². The fraction of sp³-hybridized carbons (Fsp3) is 0.231. The van der Waals surface area contributed by atoms with E-state index in [0.717, 1.165) is 12.8 Å². The van der Waals surface area contributed by atoms with Crippen LogP contribution in [-0.2, 0) is 12.8 Å². The largest absolute Gasteiger partial charge is 0.145 e. The van der Waals surface area contributed by atoms with Gasteiger partial charge in [-0.05, 0) is 30.2 Å². The molecule has 15 heavy (non-hydrogen) atoms. The van der Waals surface area contributed by atoms with Crippen LogP contribution in [0.3, 0.4) is 0 Å². The molecular weight excluding hydrogens is 268 g/mol. The lowest BCUT2D eigenvalue weighted by molar-refractivity contribution is 1.19. The zero-order valence-electron chi connectivity index (χ0n) is 8.66. The Kier molecular flexibility index (Phi) is 3.60. The standard InChI is InChI=1S/C13H13BrS/c1-2-11-7-8-12(15-11)9-10-5-3-4-6-13(10)14/h3-8H,2,9H2,1H3. The maximum absolute atomic E-state index is 3.58. The summed E-state index contributed by atoms with van der Waals surface area (Å²) in [5.41, 5.74) is 1.36. The highest BCUT2D eigenvalue weighted by atomic mass is 79.9. The molecule has 0 bridgehead atoms. The molecule has 1 aromatic heterocycles. The van der Waals surface area contributed by atoms with Crippen molar-refractivity contribution in [3.05, 3.63) is 56.2 Å². The van der Waals surface area contributed by atoms with Crippen LogP contribution < -0.4 is 0 Å². The molecule has 0 unspecified atom stereocenters. The molecule has 2 rings (SSSR count).